The van der Waals surface area contributed by atoms with Gasteiger partial charge in [0.25, 0.3) is 0 Å². The Bertz CT molecular complexity index is 709. The lowest BCUT2D eigenvalue weighted by Gasteiger charge is -2.33. The average molecular weight is 351 g/mol. The SMILES string of the molecule is CC1CC2(CCNCC2)CN1C(=O)Nc1ccc(S(C)(=O)=O)cc1. The van der Waals surface area contributed by atoms with Crippen molar-refractivity contribution in [3.8, 4) is 0 Å². The summed E-state index contributed by atoms with van der Waals surface area (Å²) in [7, 11) is -3.22. The quantitative estimate of drug-likeness (QED) is 0.855. The number of benzene rings is 1. The summed E-state index contributed by atoms with van der Waals surface area (Å²) in [5, 5.41) is 6.28. The predicted octanol–water partition coefficient (Wildman–Crippen LogP) is 2.09. The van der Waals surface area contributed by atoms with Crippen LogP contribution in [0.1, 0.15) is 26.2 Å². The fourth-order valence-corrected chi connectivity index (χ4v) is 4.52. The number of carbonyl (C=O) groups is 1. The van der Waals surface area contributed by atoms with Gasteiger partial charge in [-0.25, -0.2) is 13.2 Å². The summed E-state index contributed by atoms with van der Waals surface area (Å²) in [5.74, 6) is 0. The number of hydrogen-bond acceptors (Lipinski definition) is 4. The largest absolute Gasteiger partial charge is 0.322 e. The van der Waals surface area contributed by atoms with Gasteiger partial charge in [-0.05, 0) is 69.0 Å². The van der Waals surface area contributed by atoms with Crippen molar-refractivity contribution >= 4 is 21.6 Å². The number of anilines is 1. The molecule has 2 heterocycles. The molecule has 2 fully saturated rings. The van der Waals surface area contributed by atoms with E-state index >= 15 is 0 Å². The number of carbonyl (C=O) groups excluding carboxylic acids is 1. The molecule has 7 heteroatoms. The molecule has 2 saturated heterocycles. The molecule has 3 rings (SSSR count). The third-order valence-corrected chi connectivity index (χ3v) is 6.35. The van der Waals surface area contributed by atoms with Crippen LogP contribution < -0.4 is 10.6 Å². The smallest absolute Gasteiger partial charge is 0.321 e. The van der Waals surface area contributed by atoms with E-state index in [4.69, 9.17) is 0 Å². The predicted molar refractivity (Wildman–Crippen MR) is 93.9 cm³/mol. The highest BCUT2D eigenvalue weighted by atomic mass is 32.2. The standard InChI is InChI=1S/C17H25N3O3S/c1-13-11-17(7-9-18-10-8-17)12-20(13)16(21)19-14-3-5-15(6-4-14)24(2,22)23/h3-6,13,18H,7-12H2,1-2H3,(H,19,21). The van der Waals surface area contributed by atoms with Crippen molar-refractivity contribution in [1.29, 1.82) is 0 Å². The number of amides is 2. The third-order valence-electron chi connectivity index (χ3n) is 5.23. The number of nitrogens with zero attached hydrogens (tertiary/aromatic N) is 1. The maximum absolute atomic E-state index is 12.6. The van der Waals surface area contributed by atoms with Crippen LogP contribution in [0.25, 0.3) is 0 Å². The number of urea groups is 1. The molecule has 0 saturated carbocycles. The number of piperidine rings is 1. The first-order valence-corrected chi connectivity index (χ1v) is 10.3. The minimum atomic E-state index is -3.22. The van der Waals surface area contributed by atoms with E-state index in [1.54, 1.807) is 12.1 Å². The molecule has 2 amide bonds. The monoisotopic (exact) mass is 351 g/mol. The molecule has 1 aromatic rings. The van der Waals surface area contributed by atoms with Gasteiger partial charge >= 0.3 is 6.03 Å². The van der Waals surface area contributed by atoms with Crippen LogP contribution in [-0.2, 0) is 9.84 Å². The molecule has 0 radical (unpaired) electrons. The fraction of sp³-hybridized carbons (Fsp3) is 0.588. The molecule has 2 N–H and O–H groups in total. The van der Waals surface area contributed by atoms with Gasteiger partial charge in [-0.2, -0.15) is 0 Å². The highest BCUT2D eigenvalue weighted by Crippen LogP contribution is 2.41. The van der Waals surface area contributed by atoms with E-state index in [1.165, 1.54) is 18.4 Å². The maximum atomic E-state index is 12.6. The van der Waals surface area contributed by atoms with Crippen LogP contribution in [0.15, 0.2) is 29.2 Å². The van der Waals surface area contributed by atoms with Gasteiger partial charge < -0.3 is 15.5 Å². The first-order chi connectivity index (χ1) is 11.3. The maximum Gasteiger partial charge on any atom is 0.322 e. The topological polar surface area (TPSA) is 78.5 Å². The van der Waals surface area contributed by atoms with E-state index in [-0.39, 0.29) is 22.4 Å². The number of nitrogens with one attached hydrogen (secondary N) is 2. The van der Waals surface area contributed by atoms with Gasteiger partial charge in [-0.15, -0.1) is 0 Å². The summed E-state index contributed by atoms with van der Waals surface area (Å²) in [6, 6.07) is 6.42. The van der Waals surface area contributed by atoms with Gasteiger partial charge in [0.05, 0.1) is 4.90 Å². The Balaban J connectivity index is 1.66. The molecule has 132 valence electrons. The zero-order valence-electron chi connectivity index (χ0n) is 14.2. The molecule has 0 bridgehead atoms. The van der Waals surface area contributed by atoms with Crippen molar-refractivity contribution in [2.45, 2.75) is 37.1 Å². The first kappa shape index (κ1) is 17.2. The van der Waals surface area contributed by atoms with E-state index in [0.29, 0.717) is 5.69 Å². The van der Waals surface area contributed by atoms with Gasteiger partial charge in [0.1, 0.15) is 0 Å². The molecule has 6 nitrogen and oxygen atoms in total. The van der Waals surface area contributed by atoms with Crippen molar-refractivity contribution in [2.75, 3.05) is 31.2 Å². The van der Waals surface area contributed by atoms with Crippen LogP contribution >= 0.6 is 0 Å². The second kappa shape index (κ2) is 6.37. The summed E-state index contributed by atoms with van der Waals surface area (Å²) < 4.78 is 23.0. The molecule has 2 aliphatic heterocycles. The van der Waals surface area contributed by atoms with E-state index in [1.807, 2.05) is 4.90 Å². The van der Waals surface area contributed by atoms with Crippen LogP contribution in [0.2, 0.25) is 0 Å². The van der Waals surface area contributed by atoms with Gasteiger partial charge in [-0.1, -0.05) is 0 Å². The molecule has 0 aromatic heterocycles. The van der Waals surface area contributed by atoms with Crippen LogP contribution in [0.4, 0.5) is 10.5 Å². The number of hydrogen-bond donors (Lipinski definition) is 2. The van der Waals surface area contributed by atoms with Gasteiger partial charge in [0.2, 0.25) is 0 Å². The molecule has 1 aromatic carbocycles. The third kappa shape index (κ3) is 3.57. The lowest BCUT2D eigenvalue weighted by molar-refractivity contribution is 0.189. The Morgan fingerprint density at radius 2 is 1.88 bits per heavy atom. The molecule has 1 unspecified atom stereocenters. The van der Waals surface area contributed by atoms with E-state index < -0.39 is 9.84 Å². The minimum Gasteiger partial charge on any atom is -0.321 e. The first-order valence-electron chi connectivity index (χ1n) is 8.38. The molecule has 0 aliphatic carbocycles. The highest BCUT2D eigenvalue weighted by molar-refractivity contribution is 7.90. The van der Waals surface area contributed by atoms with Crippen LogP contribution in [0.3, 0.4) is 0 Å². The summed E-state index contributed by atoms with van der Waals surface area (Å²) in [6.07, 6.45) is 4.45. The second-order valence-electron chi connectivity index (χ2n) is 7.16. The van der Waals surface area contributed by atoms with Crippen molar-refractivity contribution < 1.29 is 13.2 Å². The van der Waals surface area contributed by atoms with E-state index in [2.05, 4.69) is 17.6 Å². The molecule has 2 aliphatic rings. The summed E-state index contributed by atoms with van der Waals surface area (Å²) in [5.41, 5.74) is 0.869. The van der Waals surface area contributed by atoms with Crippen LogP contribution in [-0.4, -0.2) is 51.3 Å². The van der Waals surface area contributed by atoms with Gasteiger partial charge in [0.15, 0.2) is 9.84 Å². The summed E-state index contributed by atoms with van der Waals surface area (Å²) >= 11 is 0. The van der Waals surface area contributed by atoms with E-state index in [9.17, 15) is 13.2 Å². The number of likely N-dealkylation sites (tertiary alicyclic amines) is 1. The zero-order chi connectivity index (χ0) is 17.4. The Hall–Kier alpha value is -1.60. The average Bonchev–Trinajstić information content (AvgIpc) is 2.84. The fourth-order valence-electron chi connectivity index (χ4n) is 3.89. The number of rotatable bonds is 2. The highest BCUT2D eigenvalue weighted by Gasteiger charge is 2.44. The van der Waals surface area contributed by atoms with Crippen molar-refractivity contribution in [3.05, 3.63) is 24.3 Å². The molecule has 24 heavy (non-hydrogen) atoms. The Labute approximate surface area is 143 Å². The van der Waals surface area contributed by atoms with Crippen molar-refractivity contribution in [3.63, 3.8) is 0 Å². The van der Waals surface area contributed by atoms with Crippen LogP contribution in [0, 0.1) is 5.41 Å². The van der Waals surface area contributed by atoms with E-state index in [0.717, 1.165) is 38.9 Å². The molecular weight excluding hydrogens is 326 g/mol. The Morgan fingerprint density at radius 1 is 1.25 bits per heavy atom. The Morgan fingerprint density at radius 3 is 2.46 bits per heavy atom. The van der Waals surface area contributed by atoms with Crippen molar-refractivity contribution in [1.82, 2.24) is 10.2 Å². The number of sulfone groups is 1. The zero-order valence-corrected chi connectivity index (χ0v) is 15.0. The lowest BCUT2D eigenvalue weighted by Crippen LogP contribution is -2.41. The van der Waals surface area contributed by atoms with Crippen LogP contribution in [0.5, 0.6) is 0 Å². The van der Waals surface area contributed by atoms with Gasteiger partial charge in [-0.3, -0.25) is 0 Å². The molecule has 1 spiro atoms. The normalized spacial score (nSPS) is 23.4. The summed E-state index contributed by atoms with van der Waals surface area (Å²) in [6.45, 7) is 4.94. The van der Waals surface area contributed by atoms with Gasteiger partial charge in [0, 0.05) is 24.5 Å². The Kier molecular flexibility index (Phi) is 4.57. The lowest BCUT2D eigenvalue weighted by atomic mass is 9.77. The molecule has 1 atom stereocenters. The summed E-state index contributed by atoms with van der Waals surface area (Å²) in [4.78, 5) is 14.8. The minimum absolute atomic E-state index is 0.106. The van der Waals surface area contributed by atoms with Crippen molar-refractivity contribution in [2.24, 2.45) is 5.41 Å². The second-order valence-corrected chi connectivity index (χ2v) is 9.17. The molecular formula is C17H25N3O3S.